The van der Waals surface area contributed by atoms with Gasteiger partial charge in [-0.05, 0) is 40.8 Å². The number of aromatic nitrogens is 2. The zero-order valence-corrected chi connectivity index (χ0v) is 16.3. The number of benzene rings is 2. The van der Waals surface area contributed by atoms with Crippen LogP contribution >= 0.6 is 0 Å². The molecule has 3 aromatic rings. The second kappa shape index (κ2) is 7.15. The molecule has 0 unspecified atom stereocenters. The number of halogens is 1. The van der Waals surface area contributed by atoms with E-state index in [4.69, 9.17) is 0 Å². The van der Waals surface area contributed by atoms with Gasteiger partial charge in [-0.25, -0.2) is 12.8 Å². The standard InChI is InChI=1S/C20H22FN3O2S/c1-20(2,3)16-7-9-19(10-8-16)27(25,26)23-18-12-22-24(14-18)13-15-5-4-6-17(21)11-15/h4-12,14,23H,13H2,1-3H3. The van der Waals surface area contributed by atoms with Gasteiger partial charge in [-0.3, -0.25) is 9.40 Å². The second-order valence-corrected chi connectivity index (χ2v) is 9.12. The third-order valence-corrected chi connectivity index (χ3v) is 5.55. The Balaban J connectivity index is 1.74. The molecule has 1 aromatic heterocycles. The van der Waals surface area contributed by atoms with E-state index < -0.39 is 10.0 Å². The summed E-state index contributed by atoms with van der Waals surface area (Å²) in [5.41, 5.74) is 2.11. The Bertz CT molecular complexity index is 1040. The molecule has 142 valence electrons. The van der Waals surface area contributed by atoms with Gasteiger partial charge >= 0.3 is 0 Å². The number of rotatable bonds is 5. The fourth-order valence-corrected chi connectivity index (χ4v) is 3.70. The van der Waals surface area contributed by atoms with E-state index in [1.807, 2.05) is 12.1 Å². The van der Waals surface area contributed by atoms with Gasteiger partial charge in [-0.15, -0.1) is 0 Å². The Morgan fingerprint density at radius 3 is 2.44 bits per heavy atom. The van der Waals surface area contributed by atoms with Gasteiger partial charge in [-0.1, -0.05) is 45.0 Å². The fourth-order valence-electron chi connectivity index (χ4n) is 2.67. The molecule has 27 heavy (non-hydrogen) atoms. The van der Waals surface area contributed by atoms with Crippen molar-refractivity contribution in [3.8, 4) is 0 Å². The van der Waals surface area contributed by atoms with Crippen LogP contribution < -0.4 is 4.72 Å². The molecule has 0 fully saturated rings. The Hall–Kier alpha value is -2.67. The molecule has 0 saturated carbocycles. The molecule has 0 spiro atoms. The maximum atomic E-state index is 13.3. The van der Waals surface area contributed by atoms with Gasteiger partial charge in [0, 0.05) is 6.20 Å². The lowest BCUT2D eigenvalue weighted by molar-refractivity contribution is 0.587. The molecule has 0 aliphatic carbocycles. The average Bonchev–Trinajstić information content (AvgIpc) is 3.00. The van der Waals surface area contributed by atoms with Crippen LogP contribution in [-0.4, -0.2) is 18.2 Å². The lowest BCUT2D eigenvalue weighted by Crippen LogP contribution is -2.14. The van der Waals surface area contributed by atoms with Gasteiger partial charge in [0.15, 0.2) is 0 Å². The molecule has 0 saturated heterocycles. The molecule has 0 aliphatic rings. The summed E-state index contributed by atoms with van der Waals surface area (Å²) in [7, 11) is -3.71. The van der Waals surface area contributed by atoms with Crippen LogP contribution in [0.3, 0.4) is 0 Å². The first kappa shape index (κ1) is 19.1. The Morgan fingerprint density at radius 2 is 1.81 bits per heavy atom. The van der Waals surface area contributed by atoms with Crippen LogP contribution in [0, 0.1) is 5.82 Å². The minimum atomic E-state index is -3.71. The molecule has 5 nitrogen and oxygen atoms in total. The molecule has 2 aromatic carbocycles. The van der Waals surface area contributed by atoms with Crippen molar-refractivity contribution >= 4 is 15.7 Å². The highest BCUT2D eigenvalue weighted by atomic mass is 32.2. The fraction of sp³-hybridized carbons (Fsp3) is 0.250. The zero-order valence-electron chi connectivity index (χ0n) is 15.5. The van der Waals surface area contributed by atoms with Crippen molar-refractivity contribution in [2.45, 2.75) is 37.6 Å². The average molecular weight is 387 g/mol. The van der Waals surface area contributed by atoms with E-state index in [9.17, 15) is 12.8 Å². The molecule has 1 N–H and O–H groups in total. The Labute approximate surface area is 158 Å². The van der Waals surface area contributed by atoms with Crippen molar-refractivity contribution in [1.82, 2.24) is 9.78 Å². The lowest BCUT2D eigenvalue weighted by atomic mass is 9.87. The maximum Gasteiger partial charge on any atom is 0.261 e. The van der Waals surface area contributed by atoms with E-state index in [1.54, 1.807) is 35.1 Å². The van der Waals surface area contributed by atoms with Crippen LogP contribution in [0.15, 0.2) is 65.8 Å². The molecular formula is C20H22FN3O2S. The van der Waals surface area contributed by atoms with E-state index in [1.165, 1.54) is 18.3 Å². The van der Waals surface area contributed by atoms with Crippen LogP contribution in [-0.2, 0) is 22.0 Å². The first-order valence-corrected chi connectivity index (χ1v) is 10.0. The van der Waals surface area contributed by atoms with Gasteiger partial charge in [0.25, 0.3) is 10.0 Å². The lowest BCUT2D eigenvalue weighted by Gasteiger charge is -2.19. The van der Waals surface area contributed by atoms with E-state index in [0.29, 0.717) is 12.2 Å². The molecular weight excluding hydrogens is 365 g/mol. The number of anilines is 1. The number of sulfonamides is 1. The Morgan fingerprint density at radius 1 is 1.11 bits per heavy atom. The summed E-state index contributed by atoms with van der Waals surface area (Å²) in [6, 6.07) is 13.0. The summed E-state index contributed by atoms with van der Waals surface area (Å²) in [6.45, 7) is 6.56. The molecule has 0 radical (unpaired) electrons. The smallest absolute Gasteiger partial charge is 0.261 e. The van der Waals surface area contributed by atoms with Crippen molar-refractivity contribution in [3.63, 3.8) is 0 Å². The van der Waals surface area contributed by atoms with Crippen molar-refractivity contribution in [1.29, 1.82) is 0 Å². The van der Waals surface area contributed by atoms with Crippen LogP contribution in [0.4, 0.5) is 10.1 Å². The summed E-state index contributed by atoms with van der Waals surface area (Å²) in [5.74, 6) is -0.320. The minimum Gasteiger partial charge on any atom is -0.276 e. The summed E-state index contributed by atoms with van der Waals surface area (Å²) < 4.78 is 42.5. The number of nitrogens with one attached hydrogen (secondary N) is 1. The van der Waals surface area contributed by atoms with Crippen molar-refractivity contribution in [2.75, 3.05) is 4.72 Å². The first-order valence-electron chi connectivity index (χ1n) is 8.54. The van der Waals surface area contributed by atoms with Gasteiger partial charge < -0.3 is 0 Å². The van der Waals surface area contributed by atoms with E-state index >= 15 is 0 Å². The second-order valence-electron chi connectivity index (χ2n) is 7.44. The number of hydrogen-bond donors (Lipinski definition) is 1. The van der Waals surface area contributed by atoms with Crippen molar-refractivity contribution < 1.29 is 12.8 Å². The van der Waals surface area contributed by atoms with Gasteiger partial charge in [0.1, 0.15) is 5.82 Å². The van der Waals surface area contributed by atoms with Crippen LogP contribution in [0.2, 0.25) is 0 Å². The topological polar surface area (TPSA) is 64.0 Å². The maximum absolute atomic E-state index is 13.3. The molecule has 3 rings (SSSR count). The quantitative estimate of drug-likeness (QED) is 0.715. The molecule has 0 amide bonds. The predicted molar refractivity (Wildman–Crippen MR) is 104 cm³/mol. The summed E-state index contributed by atoms with van der Waals surface area (Å²) in [5, 5.41) is 4.13. The normalized spacial score (nSPS) is 12.1. The third-order valence-electron chi connectivity index (χ3n) is 4.15. The van der Waals surface area contributed by atoms with Gasteiger partial charge in [0.2, 0.25) is 0 Å². The SMILES string of the molecule is CC(C)(C)c1ccc(S(=O)(=O)Nc2cnn(Cc3cccc(F)c3)c2)cc1. The highest BCUT2D eigenvalue weighted by molar-refractivity contribution is 7.92. The first-order chi connectivity index (χ1) is 12.6. The van der Waals surface area contributed by atoms with Crippen LogP contribution in [0.5, 0.6) is 0 Å². The monoisotopic (exact) mass is 387 g/mol. The Kier molecular flexibility index (Phi) is 5.06. The largest absolute Gasteiger partial charge is 0.276 e. The molecule has 0 aliphatic heterocycles. The predicted octanol–water partition coefficient (Wildman–Crippen LogP) is 4.17. The minimum absolute atomic E-state index is 0.0478. The molecule has 0 bridgehead atoms. The highest BCUT2D eigenvalue weighted by Gasteiger charge is 2.18. The van der Waals surface area contributed by atoms with Gasteiger partial charge in [0.05, 0.1) is 23.3 Å². The van der Waals surface area contributed by atoms with Crippen molar-refractivity contribution in [2.24, 2.45) is 0 Å². The summed E-state index contributed by atoms with van der Waals surface area (Å²) in [6.07, 6.45) is 3.01. The van der Waals surface area contributed by atoms with Crippen LogP contribution in [0.25, 0.3) is 0 Å². The van der Waals surface area contributed by atoms with E-state index in [-0.39, 0.29) is 16.1 Å². The van der Waals surface area contributed by atoms with E-state index in [0.717, 1.165) is 11.1 Å². The molecule has 1 heterocycles. The summed E-state index contributed by atoms with van der Waals surface area (Å²) >= 11 is 0. The van der Waals surface area contributed by atoms with E-state index in [2.05, 4.69) is 30.6 Å². The number of hydrogen-bond acceptors (Lipinski definition) is 3. The third kappa shape index (κ3) is 4.74. The van der Waals surface area contributed by atoms with Crippen molar-refractivity contribution in [3.05, 3.63) is 77.9 Å². The van der Waals surface area contributed by atoms with Crippen LogP contribution in [0.1, 0.15) is 31.9 Å². The van der Waals surface area contributed by atoms with Gasteiger partial charge in [-0.2, -0.15) is 5.10 Å². The molecule has 7 heteroatoms. The summed E-state index contributed by atoms with van der Waals surface area (Å²) in [4.78, 5) is 0.188. The zero-order chi connectivity index (χ0) is 19.7. The highest BCUT2D eigenvalue weighted by Crippen LogP contribution is 2.24. The number of nitrogens with zero attached hydrogens (tertiary/aromatic N) is 2. The molecule has 0 atom stereocenters.